The molecule has 0 amide bonds. The number of nitrogens with one attached hydrogen (secondary N) is 2. The average molecular weight is 216 g/mol. The molecule has 16 heavy (non-hydrogen) atoms. The normalized spacial score (nSPS) is 24.9. The molecular weight excluding hydrogens is 204 g/mol. The molecule has 6 heteroatoms. The molecule has 2 N–H and O–H groups in total. The van der Waals surface area contributed by atoms with E-state index in [9.17, 15) is 0 Å². The van der Waals surface area contributed by atoms with Crippen molar-refractivity contribution in [1.29, 1.82) is 0 Å². The van der Waals surface area contributed by atoms with Crippen LogP contribution in [-0.4, -0.2) is 30.8 Å². The van der Waals surface area contributed by atoms with Crippen LogP contribution in [0.1, 0.15) is 31.0 Å². The highest BCUT2D eigenvalue weighted by Gasteiger charge is 2.55. The summed E-state index contributed by atoms with van der Waals surface area (Å²) in [4.78, 5) is 0. The summed E-state index contributed by atoms with van der Waals surface area (Å²) >= 11 is 0. The number of hydrogen-bond acceptors (Lipinski definition) is 4. The number of fused-ring (bicyclic) bond motifs is 2. The largest absolute Gasteiger partial charge is 0.281 e. The van der Waals surface area contributed by atoms with E-state index in [0.29, 0.717) is 17.2 Å². The van der Waals surface area contributed by atoms with Crippen LogP contribution in [-0.2, 0) is 11.8 Å². The van der Waals surface area contributed by atoms with Crippen LogP contribution in [0.2, 0.25) is 0 Å². The molecule has 2 aliphatic carbocycles. The molecular formula is C10H12N6. The zero-order valence-corrected chi connectivity index (χ0v) is 8.99. The third kappa shape index (κ3) is 0.834. The number of rotatable bonds is 1. The van der Waals surface area contributed by atoms with Crippen molar-refractivity contribution in [3.8, 4) is 11.5 Å². The van der Waals surface area contributed by atoms with Crippen molar-refractivity contribution in [2.24, 2.45) is 5.92 Å². The van der Waals surface area contributed by atoms with Crippen molar-refractivity contribution in [1.82, 2.24) is 30.8 Å². The van der Waals surface area contributed by atoms with Gasteiger partial charge in [-0.05, 0) is 30.4 Å². The lowest BCUT2D eigenvalue weighted by molar-refractivity contribution is 0.471. The molecule has 2 aromatic rings. The van der Waals surface area contributed by atoms with Crippen LogP contribution in [0, 0.1) is 5.92 Å². The van der Waals surface area contributed by atoms with Gasteiger partial charge in [0.25, 0.3) is 0 Å². The predicted molar refractivity (Wildman–Crippen MR) is 55.5 cm³/mol. The first-order chi connectivity index (χ1) is 7.81. The number of nitrogens with zero attached hydrogens (tertiary/aromatic N) is 4. The summed E-state index contributed by atoms with van der Waals surface area (Å²) in [5.41, 5.74) is 3.88. The molecule has 82 valence electrons. The Bertz CT molecular complexity index is 536. The molecule has 0 aromatic carbocycles. The monoisotopic (exact) mass is 216 g/mol. The summed E-state index contributed by atoms with van der Waals surface area (Å²) in [6.45, 7) is 2.32. The number of aromatic amines is 2. The first-order valence-corrected chi connectivity index (χ1v) is 5.63. The molecule has 1 unspecified atom stereocenters. The van der Waals surface area contributed by atoms with Crippen LogP contribution in [0.15, 0.2) is 0 Å². The lowest BCUT2D eigenvalue weighted by atomic mass is 9.94. The van der Waals surface area contributed by atoms with Crippen LogP contribution in [0.3, 0.4) is 0 Å². The maximum absolute atomic E-state index is 4.34. The second kappa shape index (κ2) is 2.50. The zero-order valence-electron chi connectivity index (χ0n) is 8.99. The fourth-order valence-corrected chi connectivity index (χ4v) is 3.05. The minimum Gasteiger partial charge on any atom is -0.281 e. The van der Waals surface area contributed by atoms with Gasteiger partial charge in [0.15, 0.2) is 0 Å². The van der Waals surface area contributed by atoms with Gasteiger partial charge < -0.3 is 0 Å². The highest BCUT2D eigenvalue weighted by Crippen LogP contribution is 2.60. The predicted octanol–water partition coefficient (Wildman–Crippen LogP) is 0.814. The number of hydrogen-bond donors (Lipinski definition) is 2. The van der Waals surface area contributed by atoms with E-state index < -0.39 is 0 Å². The zero-order chi connectivity index (χ0) is 10.8. The van der Waals surface area contributed by atoms with Crippen LogP contribution in [0.5, 0.6) is 0 Å². The highest BCUT2D eigenvalue weighted by molar-refractivity contribution is 5.59. The Morgan fingerprint density at radius 1 is 1.31 bits per heavy atom. The third-order valence-corrected chi connectivity index (χ3v) is 4.16. The number of tetrazole rings is 1. The van der Waals surface area contributed by atoms with Crippen molar-refractivity contribution in [3.63, 3.8) is 0 Å². The molecule has 1 fully saturated rings. The van der Waals surface area contributed by atoms with E-state index >= 15 is 0 Å². The molecule has 1 atom stereocenters. The van der Waals surface area contributed by atoms with Crippen molar-refractivity contribution >= 4 is 0 Å². The molecule has 2 heterocycles. The lowest BCUT2D eigenvalue weighted by Crippen LogP contribution is -2.12. The van der Waals surface area contributed by atoms with Crippen LogP contribution < -0.4 is 0 Å². The van der Waals surface area contributed by atoms with E-state index in [1.54, 1.807) is 0 Å². The Kier molecular flexibility index (Phi) is 1.32. The van der Waals surface area contributed by atoms with Crippen LogP contribution in [0.4, 0.5) is 0 Å². The Balaban J connectivity index is 1.89. The van der Waals surface area contributed by atoms with Crippen molar-refractivity contribution in [2.75, 3.05) is 0 Å². The first kappa shape index (κ1) is 8.43. The maximum atomic E-state index is 4.34. The lowest BCUT2D eigenvalue weighted by Gasteiger charge is -2.12. The van der Waals surface area contributed by atoms with Crippen LogP contribution in [0.25, 0.3) is 11.5 Å². The summed E-state index contributed by atoms with van der Waals surface area (Å²) in [6, 6.07) is 0. The highest BCUT2D eigenvalue weighted by atomic mass is 15.5. The van der Waals surface area contributed by atoms with Crippen molar-refractivity contribution < 1.29 is 0 Å². The van der Waals surface area contributed by atoms with Gasteiger partial charge in [-0.15, -0.1) is 10.2 Å². The van der Waals surface area contributed by atoms with Crippen LogP contribution >= 0.6 is 0 Å². The van der Waals surface area contributed by atoms with Gasteiger partial charge in [-0.3, -0.25) is 5.10 Å². The van der Waals surface area contributed by atoms with Gasteiger partial charge in [0, 0.05) is 16.7 Å². The number of aromatic nitrogens is 6. The van der Waals surface area contributed by atoms with Gasteiger partial charge >= 0.3 is 0 Å². The van der Waals surface area contributed by atoms with Crippen molar-refractivity contribution in [3.05, 3.63) is 11.3 Å². The van der Waals surface area contributed by atoms with E-state index in [1.807, 2.05) is 0 Å². The van der Waals surface area contributed by atoms with Crippen molar-refractivity contribution in [2.45, 2.75) is 31.6 Å². The second-order valence-corrected chi connectivity index (χ2v) is 4.92. The van der Waals surface area contributed by atoms with Gasteiger partial charge in [0.1, 0.15) is 5.69 Å². The fourth-order valence-electron chi connectivity index (χ4n) is 3.05. The molecule has 1 saturated carbocycles. The molecule has 0 radical (unpaired) electrons. The molecule has 0 aliphatic heterocycles. The third-order valence-electron chi connectivity index (χ3n) is 4.16. The molecule has 0 bridgehead atoms. The molecule has 2 aliphatic rings. The van der Waals surface area contributed by atoms with E-state index in [2.05, 4.69) is 37.7 Å². The Labute approximate surface area is 91.8 Å². The smallest absolute Gasteiger partial charge is 0.225 e. The van der Waals surface area contributed by atoms with E-state index in [0.717, 1.165) is 12.1 Å². The average Bonchev–Trinajstić information content (AvgIpc) is 2.66. The van der Waals surface area contributed by atoms with Gasteiger partial charge in [0.2, 0.25) is 5.82 Å². The summed E-state index contributed by atoms with van der Waals surface area (Å²) in [7, 11) is 0. The van der Waals surface area contributed by atoms with E-state index in [4.69, 9.17) is 0 Å². The van der Waals surface area contributed by atoms with E-state index in [-0.39, 0.29) is 0 Å². The minimum absolute atomic E-state index is 0.393. The fraction of sp³-hybridized carbons (Fsp3) is 0.600. The SMILES string of the molecule is CC1Cc2c(-c3nn[nH]n3)n[nH]c2C12CC2. The Morgan fingerprint density at radius 3 is 2.88 bits per heavy atom. The summed E-state index contributed by atoms with van der Waals surface area (Å²) < 4.78 is 0. The summed E-state index contributed by atoms with van der Waals surface area (Å²) in [5, 5.41) is 21.6. The van der Waals surface area contributed by atoms with Gasteiger partial charge in [-0.1, -0.05) is 6.92 Å². The topological polar surface area (TPSA) is 83.1 Å². The number of H-pyrrole nitrogens is 2. The van der Waals surface area contributed by atoms with Gasteiger partial charge in [-0.2, -0.15) is 10.3 Å². The summed E-state index contributed by atoms with van der Waals surface area (Å²) in [6.07, 6.45) is 3.65. The molecule has 6 nitrogen and oxygen atoms in total. The molecule has 2 aromatic heterocycles. The quantitative estimate of drug-likeness (QED) is 0.739. The Morgan fingerprint density at radius 2 is 2.19 bits per heavy atom. The minimum atomic E-state index is 0.393. The van der Waals surface area contributed by atoms with Gasteiger partial charge in [-0.25, -0.2) is 0 Å². The standard InChI is InChI=1S/C10H12N6/c1-5-4-6-7(9-13-15-16-14-9)11-12-8(6)10(5)2-3-10/h5H,2-4H2,1H3,(H,11,12)(H,13,14,15,16). The maximum Gasteiger partial charge on any atom is 0.225 e. The van der Waals surface area contributed by atoms with E-state index in [1.165, 1.54) is 24.1 Å². The molecule has 4 rings (SSSR count). The second-order valence-electron chi connectivity index (χ2n) is 4.92. The Hall–Kier alpha value is -1.72. The summed E-state index contributed by atoms with van der Waals surface area (Å²) in [5.74, 6) is 1.31. The first-order valence-electron chi connectivity index (χ1n) is 5.63. The molecule has 1 spiro atoms. The van der Waals surface area contributed by atoms with Gasteiger partial charge in [0.05, 0.1) is 0 Å². The molecule has 0 saturated heterocycles.